The molecule has 0 aliphatic carbocycles. The SMILES string of the molecule is O=C1CCN(S(=O)(=O)CBr)CCN1. The molecular formula is C6H11BrN2O3S. The van der Waals surface area contributed by atoms with E-state index in [2.05, 4.69) is 21.2 Å². The summed E-state index contributed by atoms with van der Waals surface area (Å²) in [5, 5.41) is 2.61. The van der Waals surface area contributed by atoms with Crippen molar-refractivity contribution >= 4 is 31.9 Å². The van der Waals surface area contributed by atoms with Crippen molar-refractivity contribution in [3.63, 3.8) is 0 Å². The molecule has 0 unspecified atom stereocenters. The Morgan fingerprint density at radius 3 is 2.77 bits per heavy atom. The quantitative estimate of drug-likeness (QED) is 0.688. The molecule has 0 radical (unpaired) electrons. The van der Waals surface area contributed by atoms with Crippen molar-refractivity contribution in [1.29, 1.82) is 0 Å². The van der Waals surface area contributed by atoms with E-state index in [0.29, 0.717) is 13.1 Å². The summed E-state index contributed by atoms with van der Waals surface area (Å²) in [5.41, 5.74) is 0. The normalized spacial score (nSPS) is 20.8. The van der Waals surface area contributed by atoms with Crippen molar-refractivity contribution in [2.24, 2.45) is 0 Å². The molecule has 5 nitrogen and oxygen atoms in total. The van der Waals surface area contributed by atoms with Crippen LogP contribution in [-0.4, -0.2) is 42.9 Å². The van der Waals surface area contributed by atoms with Gasteiger partial charge in [-0.3, -0.25) is 4.79 Å². The summed E-state index contributed by atoms with van der Waals surface area (Å²) in [6.07, 6.45) is 0.242. The third-order valence-electron chi connectivity index (χ3n) is 1.80. The fraction of sp³-hybridized carbons (Fsp3) is 0.833. The average molecular weight is 271 g/mol. The number of carbonyl (C=O) groups excluding carboxylic acids is 1. The van der Waals surface area contributed by atoms with Crippen LogP contribution in [0, 0.1) is 0 Å². The van der Waals surface area contributed by atoms with Gasteiger partial charge in [-0.25, -0.2) is 8.42 Å². The molecule has 1 amide bonds. The Balaban J connectivity index is 2.67. The highest BCUT2D eigenvalue weighted by Gasteiger charge is 2.23. The van der Waals surface area contributed by atoms with Gasteiger partial charge in [0, 0.05) is 26.1 Å². The maximum atomic E-state index is 11.4. The first-order valence-corrected chi connectivity index (χ1v) is 6.60. The Morgan fingerprint density at radius 2 is 2.15 bits per heavy atom. The summed E-state index contributed by atoms with van der Waals surface area (Å²) < 4.78 is 23.9. The van der Waals surface area contributed by atoms with Gasteiger partial charge in [0.25, 0.3) is 0 Å². The first-order valence-electron chi connectivity index (χ1n) is 3.87. The minimum absolute atomic E-state index is 0.0891. The van der Waals surface area contributed by atoms with Gasteiger partial charge in [-0.2, -0.15) is 4.31 Å². The van der Waals surface area contributed by atoms with Crippen molar-refractivity contribution in [1.82, 2.24) is 9.62 Å². The van der Waals surface area contributed by atoms with Gasteiger partial charge in [-0.1, -0.05) is 15.9 Å². The third-order valence-corrected chi connectivity index (χ3v) is 4.97. The van der Waals surface area contributed by atoms with E-state index in [1.165, 1.54) is 4.31 Å². The molecule has 1 heterocycles. The number of sulfonamides is 1. The van der Waals surface area contributed by atoms with E-state index in [9.17, 15) is 13.2 Å². The van der Waals surface area contributed by atoms with Crippen molar-refractivity contribution in [2.75, 3.05) is 24.3 Å². The highest BCUT2D eigenvalue weighted by Crippen LogP contribution is 2.07. The average Bonchev–Trinajstić information content (AvgIpc) is 2.30. The van der Waals surface area contributed by atoms with Crippen LogP contribution in [0.15, 0.2) is 0 Å². The molecule has 76 valence electrons. The second-order valence-corrected chi connectivity index (χ2v) is 5.99. The molecule has 0 bridgehead atoms. The second-order valence-electron chi connectivity index (χ2n) is 2.72. The molecule has 0 aromatic carbocycles. The van der Waals surface area contributed by atoms with Gasteiger partial charge in [0.15, 0.2) is 0 Å². The van der Waals surface area contributed by atoms with Gasteiger partial charge in [-0.15, -0.1) is 0 Å². The van der Waals surface area contributed by atoms with E-state index in [1.54, 1.807) is 0 Å². The van der Waals surface area contributed by atoms with Crippen LogP contribution in [0.1, 0.15) is 6.42 Å². The number of hydrogen-bond donors (Lipinski definition) is 1. The first kappa shape index (κ1) is 10.9. The van der Waals surface area contributed by atoms with Crippen molar-refractivity contribution < 1.29 is 13.2 Å². The fourth-order valence-corrected chi connectivity index (χ4v) is 2.84. The molecule has 1 aliphatic heterocycles. The smallest absolute Gasteiger partial charge is 0.224 e. The summed E-state index contributed by atoms with van der Waals surface area (Å²) in [4.78, 5) is 10.9. The van der Waals surface area contributed by atoms with Crippen LogP contribution in [0.5, 0.6) is 0 Å². The highest BCUT2D eigenvalue weighted by atomic mass is 79.9. The van der Waals surface area contributed by atoms with Crippen molar-refractivity contribution in [2.45, 2.75) is 6.42 Å². The van der Waals surface area contributed by atoms with Crippen LogP contribution in [0.3, 0.4) is 0 Å². The molecule has 0 saturated carbocycles. The van der Waals surface area contributed by atoms with Crippen LogP contribution in [0.25, 0.3) is 0 Å². The van der Waals surface area contributed by atoms with Crippen LogP contribution in [-0.2, 0) is 14.8 Å². The van der Waals surface area contributed by atoms with E-state index < -0.39 is 10.0 Å². The summed E-state index contributed by atoms with van der Waals surface area (Å²) in [6, 6.07) is 0. The number of amides is 1. The van der Waals surface area contributed by atoms with E-state index in [-0.39, 0.29) is 23.5 Å². The summed E-state index contributed by atoms with van der Waals surface area (Å²) >= 11 is 2.91. The maximum Gasteiger partial charge on any atom is 0.224 e. The molecule has 1 fully saturated rings. The second kappa shape index (κ2) is 4.39. The molecule has 0 spiro atoms. The number of nitrogens with one attached hydrogen (secondary N) is 1. The Kier molecular flexibility index (Phi) is 3.69. The lowest BCUT2D eigenvalue weighted by Gasteiger charge is -2.16. The Labute approximate surface area is 85.7 Å². The molecule has 1 N–H and O–H groups in total. The largest absolute Gasteiger partial charge is 0.355 e. The fourth-order valence-electron chi connectivity index (χ4n) is 1.09. The van der Waals surface area contributed by atoms with E-state index in [1.807, 2.05) is 0 Å². The van der Waals surface area contributed by atoms with E-state index >= 15 is 0 Å². The van der Waals surface area contributed by atoms with E-state index in [0.717, 1.165) is 0 Å². The third kappa shape index (κ3) is 2.92. The van der Waals surface area contributed by atoms with Crippen molar-refractivity contribution in [3.05, 3.63) is 0 Å². The summed E-state index contributed by atoms with van der Waals surface area (Å²) in [7, 11) is -3.21. The maximum absolute atomic E-state index is 11.4. The highest BCUT2D eigenvalue weighted by molar-refractivity contribution is 9.10. The molecule has 7 heteroatoms. The molecule has 0 aromatic rings. The monoisotopic (exact) mass is 270 g/mol. The Bertz CT molecular complexity index is 290. The van der Waals surface area contributed by atoms with Gasteiger partial charge in [-0.05, 0) is 0 Å². The predicted octanol–water partition coefficient (Wildman–Crippen LogP) is -0.509. The minimum Gasteiger partial charge on any atom is -0.355 e. The number of rotatable bonds is 2. The Morgan fingerprint density at radius 1 is 1.46 bits per heavy atom. The minimum atomic E-state index is -3.21. The molecular weight excluding hydrogens is 260 g/mol. The molecule has 1 rings (SSSR count). The zero-order valence-electron chi connectivity index (χ0n) is 6.99. The lowest BCUT2D eigenvalue weighted by Crippen LogP contribution is -2.34. The predicted molar refractivity (Wildman–Crippen MR) is 51.9 cm³/mol. The van der Waals surface area contributed by atoms with Crippen molar-refractivity contribution in [3.8, 4) is 0 Å². The molecule has 0 atom stereocenters. The first-order chi connectivity index (χ1) is 6.06. The zero-order valence-corrected chi connectivity index (χ0v) is 9.40. The molecule has 1 aliphatic rings. The van der Waals surface area contributed by atoms with Gasteiger partial charge in [0.1, 0.15) is 4.66 Å². The van der Waals surface area contributed by atoms with Crippen LogP contribution >= 0.6 is 15.9 Å². The zero-order chi connectivity index (χ0) is 9.90. The van der Waals surface area contributed by atoms with Crippen LogP contribution in [0.2, 0.25) is 0 Å². The lowest BCUT2D eigenvalue weighted by molar-refractivity contribution is -0.120. The molecule has 0 aromatic heterocycles. The van der Waals surface area contributed by atoms with Gasteiger partial charge < -0.3 is 5.32 Å². The molecule has 1 saturated heterocycles. The van der Waals surface area contributed by atoms with Gasteiger partial charge >= 0.3 is 0 Å². The topological polar surface area (TPSA) is 66.5 Å². The Hall–Kier alpha value is -0.140. The summed E-state index contributed by atoms with van der Waals surface area (Å²) in [6.45, 7) is 1.03. The number of halogens is 1. The lowest BCUT2D eigenvalue weighted by atomic mass is 10.4. The molecule has 13 heavy (non-hydrogen) atoms. The summed E-state index contributed by atoms with van der Waals surface area (Å²) in [5.74, 6) is -0.0905. The van der Waals surface area contributed by atoms with E-state index in [4.69, 9.17) is 0 Å². The number of nitrogens with zero attached hydrogens (tertiary/aromatic N) is 1. The van der Waals surface area contributed by atoms with Crippen LogP contribution in [0.4, 0.5) is 0 Å². The number of alkyl halides is 1. The van der Waals surface area contributed by atoms with Gasteiger partial charge in [0.2, 0.25) is 15.9 Å². The number of hydrogen-bond acceptors (Lipinski definition) is 3. The van der Waals surface area contributed by atoms with Gasteiger partial charge in [0.05, 0.1) is 0 Å². The van der Waals surface area contributed by atoms with Crippen LogP contribution < -0.4 is 5.32 Å². The standard InChI is InChI=1S/C6H11BrN2O3S/c7-5-13(11,12)9-3-1-6(10)8-2-4-9/h1-5H2,(H,8,10). The number of carbonyl (C=O) groups is 1.